The number of hydrogen-bond donors (Lipinski definition) is 3. The predicted molar refractivity (Wildman–Crippen MR) is 158 cm³/mol. The molecule has 15 nitrogen and oxygen atoms in total. The van der Waals surface area contributed by atoms with Gasteiger partial charge in [0.2, 0.25) is 17.7 Å². The second-order valence-electron chi connectivity index (χ2n) is 10.6. The number of hydrazine groups is 1. The first kappa shape index (κ1) is 36.5. The minimum atomic E-state index is -1.25. The lowest BCUT2D eigenvalue weighted by Crippen LogP contribution is -2.60. The van der Waals surface area contributed by atoms with Crippen LogP contribution in [0, 0.1) is 5.92 Å². The fourth-order valence-corrected chi connectivity index (χ4v) is 4.25. The zero-order valence-electron chi connectivity index (χ0n) is 25.8. The number of ether oxygens (including phenoxy) is 3. The van der Waals surface area contributed by atoms with Crippen molar-refractivity contribution in [2.24, 2.45) is 5.92 Å². The van der Waals surface area contributed by atoms with Crippen LogP contribution in [0.5, 0.6) is 0 Å². The van der Waals surface area contributed by atoms with Crippen molar-refractivity contribution < 1.29 is 47.8 Å². The summed E-state index contributed by atoms with van der Waals surface area (Å²) in [5.74, 6) is -4.02. The highest BCUT2D eigenvalue weighted by Crippen LogP contribution is 2.14. The van der Waals surface area contributed by atoms with Crippen LogP contribution in [0.3, 0.4) is 0 Å². The van der Waals surface area contributed by atoms with Crippen LogP contribution in [0.15, 0.2) is 31.0 Å². The van der Waals surface area contributed by atoms with E-state index in [4.69, 9.17) is 9.47 Å². The van der Waals surface area contributed by atoms with Gasteiger partial charge in [-0.05, 0) is 37.3 Å². The van der Waals surface area contributed by atoms with Crippen molar-refractivity contribution in [3.63, 3.8) is 0 Å². The van der Waals surface area contributed by atoms with Crippen LogP contribution in [-0.2, 0) is 38.2 Å². The molecule has 1 aromatic rings. The van der Waals surface area contributed by atoms with E-state index in [0.29, 0.717) is 25.8 Å². The molecule has 3 N–H and O–H groups in total. The van der Waals surface area contributed by atoms with Gasteiger partial charge < -0.3 is 24.8 Å². The highest BCUT2D eigenvalue weighted by molar-refractivity contribution is 5.96. The van der Waals surface area contributed by atoms with Crippen LogP contribution in [-0.4, -0.2) is 96.9 Å². The maximum atomic E-state index is 13.4. The van der Waals surface area contributed by atoms with Gasteiger partial charge in [0.25, 0.3) is 0 Å². The van der Waals surface area contributed by atoms with E-state index in [9.17, 15) is 33.6 Å². The molecule has 45 heavy (non-hydrogen) atoms. The molecule has 1 aromatic heterocycles. The van der Waals surface area contributed by atoms with Crippen LogP contribution in [0.2, 0.25) is 0 Å². The summed E-state index contributed by atoms with van der Waals surface area (Å²) in [5, 5.41) is 6.47. The molecule has 1 aliphatic heterocycles. The van der Waals surface area contributed by atoms with E-state index in [1.54, 1.807) is 0 Å². The Morgan fingerprint density at radius 1 is 1.11 bits per heavy atom. The van der Waals surface area contributed by atoms with Crippen LogP contribution in [0.25, 0.3) is 0 Å². The van der Waals surface area contributed by atoms with Gasteiger partial charge in [-0.15, -0.1) is 0 Å². The third-order valence-electron chi connectivity index (χ3n) is 6.52. The van der Waals surface area contributed by atoms with Crippen LogP contribution >= 0.6 is 0 Å². The van der Waals surface area contributed by atoms with Crippen LogP contribution in [0.4, 0.5) is 0 Å². The van der Waals surface area contributed by atoms with Gasteiger partial charge in [-0.2, -0.15) is 0 Å². The lowest BCUT2D eigenvalue weighted by Gasteiger charge is -2.36. The van der Waals surface area contributed by atoms with E-state index in [-0.39, 0.29) is 55.5 Å². The third kappa shape index (κ3) is 12.5. The quantitative estimate of drug-likeness (QED) is 0.123. The van der Waals surface area contributed by atoms with Gasteiger partial charge in [0.15, 0.2) is 12.4 Å². The Hall–Kier alpha value is -4.66. The number of nitrogens with zero attached hydrogens (tertiary/aromatic N) is 2. The lowest BCUT2D eigenvalue weighted by atomic mass is 10.0. The van der Waals surface area contributed by atoms with E-state index in [0.717, 1.165) is 6.20 Å². The molecule has 0 aliphatic carbocycles. The fraction of sp³-hybridized carbons (Fsp3) is 0.533. The van der Waals surface area contributed by atoms with Crippen molar-refractivity contribution in [2.75, 3.05) is 33.4 Å². The van der Waals surface area contributed by atoms with E-state index in [2.05, 4.69) is 32.4 Å². The molecular weight excluding hydrogens is 590 g/mol. The summed E-state index contributed by atoms with van der Waals surface area (Å²) < 4.78 is 14.6. The van der Waals surface area contributed by atoms with Gasteiger partial charge in [0, 0.05) is 38.5 Å². The molecule has 2 heterocycles. The summed E-state index contributed by atoms with van der Waals surface area (Å²) in [7, 11) is 1.18. The molecule has 1 fully saturated rings. The van der Waals surface area contributed by atoms with Crippen molar-refractivity contribution in [3.8, 4) is 0 Å². The molecule has 0 unspecified atom stereocenters. The van der Waals surface area contributed by atoms with Crippen molar-refractivity contribution in [1.29, 1.82) is 0 Å². The van der Waals surface area contributed by atoms with E-state index >= 15 is 0 Å². The standard InChI is InChI=1S/C30H41N5O10/c1-5-15-44-27(39)11-10-21(24(36)18-45-29(41)20-8-9-22(32-17-20)30(42)43-4)34-28(40)23-7-6-13-33-35(23)26(38)12-14-31-25(37)16-19(2)3/h5,8-9,17,19,21,23,33H,1,6-7,10-16,18H2,2-4H3,(H,31,37)(H,34,40)/t21-,23+/m1/s1. The Morgan fingerprint density at radius 2 is 1.87 bits per heavy atom. The smallest absolute Gasteiger partial charge is 0.356 e. The number of ketones is 1. The first-order chi connectivity index (χ1) is 21.5. The minimum absolute atomic E-state index is 0.0307. The van der Waals surface area contributed by atoms with Gasteiger partial charge in [-0.25, -0.2) is 20.0 Å². The van der Waals surface area contributed by atoms with Crippen molar-refractivity contribution >= 4 is 41.4 Å². The van der Waals surface area contributed by atoms with Crippen molar-refractivity contribution in [2.45, 2.75) is 64.5 Å². The number of esters is 3. The summed E-state index contributed by atoms with van der Waals surface area (Å²) in [6.07, 6.45) is 3.21. The number of methoxy groups -OCH3 is 1. The Bertz CT molecular complexity index is 1230. The maximum absolute atomic E-state index is 13.4. The number of pyridine rings is 1. The maximum Gasteiger partial charge on any atom is 0.356 e. The van der Waals surface area contributed by atoms with Gasteiger partial charge in [-0.1, -0.05) is 26.5 Å². The second kappa shape index (κ2) is 18.9. The zero-order chi connectivity index (χ0) is 33.4. The number of carbonyl (C=O) groups is 7. The molecule has 0 bridgehead atoms. The Morgan fingerprint density at radius 3 is 2.51 bits per heavy atom. The molecule has 0 aromatic carbocycles. The normalized spacial score (nSPS) is 14.9. The van der Waals surface area contributed by atoms with Crippen molar-refractivity contribution in [1.82, 2.24) is 26.1 Å². The number of nitrogens with one attached hydrogen (secondary N) is 3. The topological polar surface area (TPSA) is 199 Å². The van der Waals surface area contributed by atoms with E-state index < -0.39 is 54.2 Å². The number of hydrogen-bond acceptors (Lipinski definition) is 12. The molecule has 2 rings (SSSR count). The number of carbonyl (C=O) groups excluding carboxylic acids is 7. The van der Waals surface area contributed by atoms with E-state index in [1.807, 2.05) is 13.8 Å². The Labute approximate surface area is 261 Å². The minimum Gasteiger partial charge on any atom is -0.464 e. The van der Waals surface area contributed by atoms with Crippen LogP contribution < -0.4 is 16.1 Å². The molecule has 15 heteroatoms. The molecular formula is C30H41N5O10. The van der Waals surface area contributed by atoms with Crippen LogP contribution in [0.1, 0.15) is 73.2 Å². The largest absolute Gasteiger partial charge is 0.464 e. The average molecular weight is 632 g/mol. The summed E-state index contributed by atoms with van der Waals surface area (Å²) in [5.41, 5.74) is 2.84. The highest BCUT2D eigenvalue weighted by Gasteiger charge is 2.34. The van der Waals surface area contributed by atoms with Gasteiger partial charge in [-0.3, -0.25) is 29.0 Å². The first-order valence-corrected chi connectivity index (χ1v) is 14.6. The number of rotatable bonds is 17. The second-order valence-corrected chi connectivity index (χ2v) is 10.6. The number of Topliss-reactive ketones (excluding diaryl/α,β-unsaturated/α-hetero) is 1. The summed E-state index contributed by atoms with van der Waals surface area (Å²) in [4.78, 5) is 91.3. The predicted octanol–water partition coefficient (Wildman–Crippen LogP) is 0.636. The zero-order valence-corrected chi connectivity index (χ0v) is 25.8. The molecule has 1 aliphatic rings. The lowest BCUT2D eigenvalue weighted by molar-refractivity contribution is -0.147. The van der Waals surface area contributed by atoms with Gasteiger partial charge in [0.05, 0.1) is 18.7 Å². The SMILES string of the molecule is C=CCOC(=O)CC[C@@H](NC(=O)[C@@H]1CCCNN1C(=O)CCNC(=O)CC(C)C)C(=O)COC(=O)c1ccc(C(=O)OC)nc1. The molecule has 1 saturated heterocycles. The fourth-order valence-electron chi connectivity index (χ4n) is 4.25. The highest BCUT2D eigenvalue weighted by atomic mass is 16.5. The average Bonchev–Trinajstić information content (AvgIpc) is 3.03. The Kier molecular flexibility index (Phi) is 15.3. The number of aromatic nitrogens is 1. The summed E-state index contributed by atoms with van der Waals surface area (Å²) in [6, 6.07) is 0.309. The number of amides is 3. The Balaban J connectivity index is 2.07. The third-order valence-corrected chi connectivity index (χ3v) is 6.52. The molecule has 246 valence electrons. The molecule has 3 amide bonds. The molecule has 2 atom stereocenters. The summed E-state index contributed by atoms with van der Waals surface area (Å²) >= 11 is 0. The monoisotopic (exact) mass is 631 g/mol. The van der Waals surface area contributed by atoms with Gasteiger partial charge in [0.1, 0.15) is 18.3 Å². The molecule has 0 saturated carbocycles. The van der Waals surface area contributed by atoms with Crippen molar-refractivity contribution in [3.05, 3.63) is 42.2 Å². The first-order valence-electron chi connectivity index (χ1n) is 14.6. The van der Waals surface area contributed by atoms with E-state index in [1.165, 1.54) is 30.3 Å². The molecule has 0 spiro atoms. The summed E-state index contributed by atoms with van der Waals surface area (Å²) in [6.45, 7) is 7.03. The van der Waals surface area contributed by atoms with Gasteiger partial charge >= 0.3 is 17.9 Å². The molecule has 0 radical (unpaired) electrons.